The quantitative estimate of drug-likeness (QED) is 0.659. The van der Waals surface area contributed by atoms with Crippen LogP contribution in [0, 0.1) is 12.8 Å². The minimum absolute atomic E-state index is 0.0574. The molecule has 162 valence electrons. The lowest BCUT2D eigenvalue weighted by molar-refractivity contribution is -0.133. The molecule has 1 N–H and O–H groups in total. The van der Waals surface area contributed by atoms with E-state index >= 15 is 0 Å². The number of nitrogens with zero attached hydrogens (tertiary/aromatic N) is 2. The van der Waals surface area contributed by atoms with Crippen LogP contribution in [0.1, 0.15) is 48.2 Å². The van der Waals surface area contributed by atoms with Gasteiger partial charge in [-0.1, -0.05) is 12.1 Å². The predicted octanol–water partition coefficient (Wildman–Crippen LogP) is 3.73. The van der Waals surface area contributed by atoms with E-state index in [4.69, 9.17) is 4.74 Å². The fourth-order valence-corrected chi connectivity index (χ4v) is 4.66. The zero-order valence-corrected chi connectivity index (χ0v) is 18.7. The predicted molar refractivity (Wildman–Crippen MR) is 119 cm³/mol. The third-order valence-corrected chi connectivity index (χ3v) is 6.68. The summed E-state index contributed by atoms with van der Waals surface area (Å²) in [5.74, 6) is 1.46. The van der Waals surface area contributed by atoms with E-state index in [1.807, 2.05) is 41.6 Å². The smallest absolute Gasteiger partial charge is 0.222 e. The van der Waals surface area contributed by atoms with Crippen LogP contribution in [0.4, 0.5) is 0 Å². The summed E-state index contributed by atoms with van der Waals surface area (Å²) in [4.78, 5) is 32.3. The Kier molecular flexibility index (Phi) is 8.25. The van der Waals surface area contributed by atoms with Crippen molar-refractivity contribution in [3.63, 3.8) is 0 Å². The van der Waals surface area contributed by atoms with Gasteiger partial charge in [-0.25, -0.2) is 4.98 Å². The number of carbonyl (C=O) groups is 2. The lowest BCUT2D eigenvalue weighted by atomic mass is 9.93. The zero-order valence-electron chi connectivity index (χ0n) is 17.9. The van der Waals surface area contributed by atoms with Crippen LogP contribution in [0.25, 0.3) is 0 Å². The number of thiazole rings is 1. The number of hydrogen-bond donors (Lipinski definition) is 1. The number of likely N-dealkylation sites (tertiary alicyclic amines) is 1. The Bertz CT molecular complexity index is 852. The molecule has 1 aliphatic rings. The molecule has 0 radical (unpaired) electrons. The highest BCUT2D eigenvalue weighted by atomic mass is 32.1. The van der Waals surface area contributed by atoms with Crippen LogP contribution in [-0.2, 0) is 22.6 Å². The lowest BCUT2D eigenvalue weighted by Gasteiger charge is -2.33. The van der Waals surface area contributed by atoms with Gasteiger partial charge in [-0.15, -0.1) is 11.3 Å². The first-order valence-electron chi connectivity index (χ1n) is 10.6. The van der Waals surface area contributed by atoms with Gasteiger partial charge in [0, 0.05) is 37.4 Å². The highest BCUT2D eigenvalue weighted by molar-refractivity contribution is 7.09. The maximum Gasteiger partial charge on any atom is 0.222 e. The lowest BCUT2D eigenvalue weighted by Crippen LogP contribution is -2.40. The van der Waals surface area contributed by atoms with Gasteiger partial charge in [0.15, 0.2) is 0 Å². The maximum absolute atomic E-state index is 12.6. The highest BCUT2D eigenvalue weighted by Gasteiger charge is 2.24. The molecule has 2 aromatic rings. The van der Waals surface area contributed by atoms with Crippen LogP contribution in [0.15, 0.2) is 29.8 Å². The number of carbonyl (C=O) groups excluding carboxylic acids is 2. The summed E-state index contributed by atoms with van der Waals surface area (Å²) in [6, 6.07) is 7.71. The summed E-state index contributed by atoms with van der Waals surface area (Å²) < 4.78 is 5.21. The molecule has 0 aliphatic carbocycles. The summed E-state index contributed by atoms with van der Waals surface area (Å²) in [6.07, 6.45) is 4.72. The van der Waals surface area contributed by atoms with Gasteiger partial charge in [-0.05, 0) is 56.2 Å². The fourth-order valence-electron chi connectivity index (χ4n) is 3.88. The topological polar surface area (TPSA) is 71.5 Å². The van der Waals surface area contributed by atoms with Gasteiger partial charge in [0.2, 0.25) is 11.8 Å². The fraction of sp³-hybridized carbons (Fsp3) is 0.522. The van der Waals surface area contributed by atoms with Crippen molar-refractivity contribution in [2.75, 3.05) is 20.2 Å². The molecule has 2 heterocycles. The van der Waals surface area contributed by atoms with Crippen molar-refractivity contribution in [2.24, 2.45) is 5.92 Å². The van der Waals surface area contributed by atoms with Gasteiger partial charge in [0.1, 0.15) is 5.75 Å². The van der Waals surface area contributed by atoms with E-state index < -0.39 is 0 Å². The molecule has 7 heteroatoms. The second-order valence-electron chi connectivity index (χ2n) is 7.88. The number of benzene rings is 1. The second kappa shape index (κ2) is 11.1. The Morgan fingerprint density at radius 3 is 2.97 bits per heavy atom. The molecule has 0 saturated carbocycles. The van der Waals surface area contributed by atoms with Crippen LogP contribution in [0.2, 0.25) is 0 Å². The Morgan fingerprint density at radius 1 is 1.33 bits per heavy atom. The molecular formula is C23H31N3O3S. The van der Waals surface area contributed by atoms with Gasteiger partial charge in [0.25, 0.3) is 0 Å². The first-order chi connectivity index (χ1) is 14.5. The van der Waals surface area contributed by atoms with Crippen molar-refractivity contribution in [1.29, 1.82) is 0 Å². The SMILES string of the molecule is COc1cccc(CNC(=O)CC[C@@H]2CCCN(C(=O)CCc3scnc3C)C2)c1. The van der Waals surface area contributed by atoms with Crippen molar-refractivity contribution in [3.8, 4) is 5.75 Å². The number of ether oxygens (including phenoxy) is 1. The number of rotatable bonds is 9. The number of amides is 2. The molecule has 2 amide bonds. The van der Waals surface area contributed by atoms with E-state index in [1.54, 1.807) is 18.4 Å². The summed E-state index contributed by atoms with van der Waals surface area (Å²) in [5, 5.41) is 2.99. The largest absolute Gasteiger partial charge is 0.497 e. The number of nitrogens with one attached hydrogen (secondary N) is 1. The monoisotopic (exact) mass is 429 g/mol. The van der Waals surface area contributed by atoms with Crippen molar-refractivity contribution in [3.05, 3.63) is 45.9 Å². The number of aryl methyl sites for hydroxylation is 2. The Hall–Kier alpha value is -2.41. The molecule has 0 bridgehead atoms. The highest BCUT2D eigenvalue weighted by Crippen LogP contribution is 2.23. The van der Waals surface area contributed by atoms with Crippen molar-refractivity contribution in [1.82, 2.24) is 15.2 Å². The van der Waals surface area contributed by atoms with Crippen LogP contribution < -0.4 is 10.1 Å². The molecule has 1 aromatic carbocycles. The molecule has 1 aromatic heterocycles. The molecule has 1 saturated heterocycles. The van der Waals surface area contributed by atoms with Crippen LogP contribution in [0.5, 0.6) is 5.75 Å². The number of aromatic nitrogens is 1. The Morgan fingerprint density at radius 2 is 2.20 bits per heavy atom. The third kappa shape index (κ3) is 6.55. The normalized spacial score (nSPS) is 16.3. The standard InChI is InChI=1S/C23H31N3O3S/c1-17-21(30-16-25-17)9-11-23(28)26-12-4-6-18(15-26)8-10-22(27)24-14-19-5-3-7-20(13-19)29-2/h3,5,7,13,16,18H,4,6,8-12,14-15H2,1-2H3,(H,24,27)/t18-/m0/s1. The van der Waals surface area contributed by atoms with Crippen molar-refractivity contribution in [2.45, 2.75) is 52.0 Å². The average molecular weight is 430 g/mol. The minimum atomic E-state index is 0.0574. The average Bonchev–Trinajstić information content (AvgIpc) is 3.19. The van der Waals surface area contributed by atoms with Crippen LogP contribution in [0.3, 0.4) is 0 Å². The maximum atomic E-state index is 12.6. The van der Waals surface area contributed by atoms with E-state index in [0.29, 0.717) is 25.3 Å². The van der Waals surface area contributed by atoms with E-state index in [0.717, 1.165) is 55.8 Å². The van der Waals surface area contributed by atoms with Crippen LogP contribution in [-0.4, -0.2) is 41.9 Å². The summed E-state index contributed by atoms with van der Waals surface area (Å²) in [6.45, 7) is 4.09. The van der Waals surface area contributed by atoms with E-state index in [1.165, 1.54) is 4.88 Å². The van der Waals surface area contributed by atoms with Gasteiger partial charge in [0.05, 0.1) is 18.3 Å². The first-order valence-corrected chi connectivity index (χ1v) is 11.5. The zero-order chi connectivity index (χ0) is 21.3. The van der Waals surface area contributed by atoms with Crippen LogP contribution >= 0.6 is 11.3 Å². The Balaban J connectivity index is 1.38. The molecular weight excluding hydrogens is 398 g/mol. The first kappa shape index (κ1) is 22.3. The number of methoxy groups -OCH3 is 1. The summed E-state index contributed by atoms with van der Waals surface area (Å²) >= 11 is 1.62. The van der Waals surface area contributed by atoms with Crippen molar-refractivity contribution >= 4 is 23.2 Å². The second-order valence-corrected chi connectivity index (χ2v) is 8.82. The van der Waals surface area contributed by atoms with Gasteiger partial charge in [-0.3, -0.25) is 9.59 Å². The summed E-state index contributed by atoms with van der Waals surface area (Å²) in [7, 11) is 1.64. The molecule has 1 fully saturated rings. The molecule has 3 rings (SSSR count). The van der Waals surface area contributed by atoms with E-state index in [-0.39, 0.29) is 11.8 Å². The Labute approximate surface area is 182 Å². The van der Waals surface area contributed by atoms with E-state index in [2.05, 4.69) is 10.3 Å². The molecule has 6 nitrogen and oxygen atoms in total. The number of piperidine rings is 1. The van der Waals surface area contributed by atoms with Gasteiger partial charge >= 0.3 is 0 Å². The number of hydrogen-bond acceptors (Lipinski definition) is 5. The van der Waals surface area contributed by atoms with Gasteiger partial charge < -0.3 is 15.0 Å². The molecule has 1 atom stereocenters. The third-order valence-electron chi connectivity index (χ3n) is 5.69. The molecule has 1 aliphatic heterocycles. The van der Waals surface area contributed by atoms with Crippen molar-refractivity contribution < 1.29 is 14.3 Å². The van der Waals surface area contributed by atoms with E-state index in [9.17, 15) is 9.59 Å². The van der Waals surface area contributed by atoms with Gasteiger partial charge in [-0.2, -0.15) is 0 Å². The molecule has 0 spiro atoms. The molecule has 0 unspecified atom stereocenters. The molecule has 30 heavy (non-hydrogen) atoms. The minimum Gasteiger partial charge on any atom is -0.497 e. The summed E-state index contributed by atoms with van der Waals surface area (Å²) in [5.41, 5.74) is 3.89.